The van der Waals surface area contributed by atoms with Crippen LogP contribution in [0.4, 0.5) is 0 Å². The van der Waals surface area contributed by atoms with Gasteiger partial charge in [0.25, 0.3) is 5.97 Å². The molecule has 1 rings (SSSR count). The molecule has 0 bridgehead atoms. The number of hydrogen-bond acceptors (Lipinski definition) is 6. The summed E-state index contributed by atoms with van der Waals surface area (Å²) in [5.74, 6) is -0.965. The van der Waals surface area contributed by atoms with Crippen LogP contribution in [0.25, 0.3) is 0 Å². The fraction of sp³-hybridized carbons (Fsp3) is 1.00. The van der Waals surface area contributed by atoms with Crippen molar-refractivity contribution in [3.05, 3.63) is 0 Å². The monoisotopic (exact) mass is 335 g/mol. The first kappa shape index (κ1) is 20.0. The van der Waals surface area contributed by atoms with E-state index >= 15 is 0 Å². The SMILES string of the molecule is CCC(C[Si](OC)OC)OC(CC)OC1(CC)OCCCO1. The molecule has 1 radical (unpaired) electrons. The lowest BCUT2D eigenvalue weighted by Crippen LogP contribution is -2.46. The molecule has 0 amide bonds. The summed E-state index contributed by atoms with van der Waals surface area (Å²) < 4.78 is 34.2. The van der Waals surface area contributed by atoms with Crippen molar-refractivity contribution in [2.24, 2.45) is 0 Å². The summed E-state index contributed by atoms with van der Waals surface area (Å²) in [7, 11) is 2.07. The van der Waals surface area contributed by atoms with E-state index in [1.54, 1.807) is 14.2 Å². The summed E-state index contributed by atoms with van der Waals surface area (Å²) in [5.41, 5.74) is 0. The van der Waals surface area contributed by atoms with E-state index in [4.69, 9.17) is 27.8 Å². The molecular formula is C15H31O6Si. The molecule has 0 spiro atoms. The van der Waals surface area contributed by atoms with Crippen LogP contribution in [-0.4, -0.2) is 55.1 Å². The van der Waals surface area contributed by atoms with Crippen LogP contribution in [0.2, 0.25) is 6.04 Å². The molecule has 6 nitrogen and oxygen atoms in total. The van der Waals surface area contributed by atoms with Crippen LogP contribution in [0.15, 0.2) is 0 Å². The molecule has 131 valence electrons. The van der Waals surface area contributed by atoms with Crippen molar-refractivity contribution in [2.45, 2.75) is 70.9 Å². The highest BCUT2D eigenvalue weighted by Crippen LogP contribution is 2.28. The molecule has 1 saturated heterocycles. The zero-order chi connectivity index (χ0) is 16.4. The molecule has 0 saturated carbocycles. The average molecular weight is 335 g/mol. The van der Waals surface area contributed by atoms with Crippen LogP contribution in [0.5, 0.6) is 0 Å². The van der Waals surface area contributed by atoms with Crippen molar-refractivity contribution in [3.63, 3.8) is 0 Å². The molecule has 0 aliphatic carbocycles. The highest BCUT2D eigenvalue weighted by atomic mass is 28.3. The van der Waals surface area contributed by atoms with Crippen LogP contribution in [0.3, 0.4) is 0 Å². The molecular weight excluding hydrogens is 304 g/mol. The fourth-order valence-electron chi connectivity index (χ4n) is 2.26. The first-order valence-electron chi connectivity index (χ1n) is 8.17. The zero-order valence-corrected chi connectivity index (χ0v) is 15.6. The van der Waals surface area contributed by atoms with Crippen molar-refractivity contribution in [3.8, 4) is 0 Å². The second-order valence-electron chi connectivity index (χ2n) is 5.19. The van der Waals surface area contributed by atoms with Gasteiger partial charge in [0.1, 0.15) is 0 Å². The van der Waals surface area contributed by atoms with E-state index in [2.05, 4.69) is 6.92 Å². The molecule has 1 aliphatic rings. The third kappa shape index (κ3) is 6.23. The fourth-order valence-corrected chi connectivity index (χ4v) is 3.51. The second-order valence-corrected chi connectivity index (χ2v) is 7.16. The Labute approximate surface area is 136 Å². The van der Waals surface area contributed by atoms with Gasteiger partial charge in [0.2, 0.25) is 0 Å². The van der Waals surface area contributed by atoms with E-state index in [0.717, 1.165) is 25.3 Å². The highest BCUT2D eigenvalue weighted by molar-refractivity contribution is 6.44. The van der Waals surface area contributed by atoms with Crippen molar-refractivity contribution in [1.29, 1.82) is 0 Å². The molecule has 7 heteroatoms. The summed E-state index contributed by atoms with van der Waals surface area (Å²) in [5, 5.41) is 0. The van der Waals surface area contributed by atoms with Gasteiger partial charge in [0.15, 0.2) is 6.29 Å². The Morgan fingerprint density at radius 2 is 1.68 bits per heavy atom. The van der Waals surface area contributed by atoms with Gasteiger partial charge < -0.3 is 23.1 Å². The molecule has 22 heavy (non-hydrogen) atoms. The number of ether oxygens (including phenoxy) is 4. The quantitative estimate of drug-likeness (QED) is 0.427. The van der Waals surface area contributed by atoms with Gasteiger partial charge >= 0.3 is 9.28 Å². The average Bonchev–Trinajstić information content (AvgIpc) is 2.58. The van der Waals surface area contributed by atoms with E-state index in [0.29, 0.717) is 19.6 Å². The van der Waals surface area contributed by atoms with Crippen LogP contribution in [0, 0.1) is 0 Å². The predicted octanol–water partition coefficient (Wildman–Crippen LogP) is 2.82. The lowest BCUT2D eigenvalue weighted by Gasteiger charge is -2.38. The third-order valence-electron chi connectivity index (χ3n) is 3.66. The van der Waals surface area contributed by atoms with Gasteiger partial charge in [-0.2, -0.15) is 0 Å². The molecule has 1 fully saturated rings. The molecule has 1 heterocycles. The Hall–Kier alpha value is -0.0231. The maximum absolute atomic E-state index is 6.10. The van der Waals surface area contributed by atoms with Gasteiger partial charge in [-0.3, -0.25) is 4.74 Å². The minimum atomic E-state index is -1.28. The summed E-state index contributed by atoms with van der Waals surface area (Å²) in [4.78, 5) is 0. The van der Waals surface area contributed by atoms with Gasteiger partial charge in [0, 0.05) is 26.7 Å². The zero-order valence-electron chi connectivity index (χ0n) is 14.6. The Morgan fingerprint density at radius 3 is 2.14 bits per heavy atom. The van der Waals surface area contributed by atoms with E-state index < -0.39 is 15.3 Å². The largest absolute Gasteiger partial charge is 0.397 e. The molecule has 2 unspecified atom stereocenters. The van der Waals surface area contributed by atoms with Gasteiger partial charge in [-0.25, -0.2) is 0 Å². The minimum absolute atomic E-state index is 0.0382. The third-order valence-corrected chi connectivity index (χ3v) is 5.36. The van der Waals surface area contributed by atoms with Crippen LogP contribution in [-0.2, 0) is 27.8 Å². The van der Waals surface area contributed by atoms with Gasteiger partial charge in [-0.15, -0.1) is 0 Å². The number of rotatable bonds is 11. The van der Waals surface area contributed by atoms with E-state index in [9.17, 15) is 0 Å². The van der Waals surface area contributed by atoms with Gasteiger partial charge in [-0.05, 0) is 19.3 Å². The molecule has 0 aromatic heterocycles. The summed E-state index contributed by atoms with van der Waals surface area (Å²) in [6.45, 7) is 7.42. The van der Waals surface area contributed by atoms with Crippen LogP contribution >= 0.6 is 0 Å². The topological polar surface area (TPSA) is 55.4 Å². The van der Waals surface area contributed by atoms with Crippen molar-refractivity contribution >= 4 is 9.28 Å². The minimum Gasteiger partial charge on any atom is -0.397 e. The normalized spacial score (nSPS) is 21.0. The van der Waals surface area contributed by atoms with Crippen LogP contribution < -0.4 is 0 Å². The standard InChI is InChI=1S/C15H31O6Si/c1-6-13(12-22(16-4)17-5)20-14(7-2)21-15(8-3)18-10-9-11-19-15/h13-14H,6-12H2,1-5H3. The Morgan fingerprint density at radius 1 is 1.05 bits per heavy atom. The molecule has 2 atom stereocenters. The summed E-state index contributed by atoms with van der Waals surface area (Å²) in [6.07, 6.45) is 2.81. The van der Waals surface area contributed by atoms with Gasteiger partial charge in [0.05, 0.1) is 19.3 Å². The Kier molecular flexibility index (Phi) is 9.73. The highest BCUT2D eigenvalue weighted by Gasteiger charge is 2.37. The molecule has 0 aromatic rings. The van der Waals surface area contributed by atoms with E-state index in [-0.39, 0.29) is 12.4 Å². The first-order valence-corrected chi connectivity index (χ1v) is 9.70. The molecule has 0 N–H and O–H groups in total. The molecule has 1 aliphatic heterocycles. The lowest BCUT2D eigenvalue weighted by molar-refractivity contribution is -0.436. The van der Waals surface area contributed by atoms with Crippen molar-refractivity contribution in [1.82, 2.24) is 0 Å². The Bertz CT molecular complexity index is 281. The van der Waals surface area contributed by atoms with Crippen LogP contribution in [0.1, 0.15) is 46.5 Å². The number of hydrogen-bond donors (Lipinski definition) is 0. The second kappa shape index (κ2) is 10.7. The maximum atomic E-state index is 6.10. The van der Waals surface area contributed by atoms with E-state index in [1.807, 2.05) is 13.8 Å². The summed E-state index contributed by atoms with van der Waals surface area (Å²) in [6, 6.07) is 0.759. The smallest absolute Gasteiger partial charge is 0.386 e. The molecule has 0 aromatic carbocycles. The maximum Gasteiger partial charge on any atom is 0.386 e. The summed E-state index contributed by atoms with van der Waals surface area (Å²) >= 11 is 0. The van der Waals surface area contributed by atoms with Gasteiger partial charge in [-0.1, -0.05) is 20.8 Å². The van der Waals surface area contributed by atoms with Crippen molar-refractivity contribution < 1.29 is 27.8 Å². The van der Waals surface area contributed by atoms with E-state index in [1.165, 1.54) is 0 Å². The lowest BCUT2D eigenvalue weighted by atomic mass is 10.3. The van der Waals surface area contributed by atoms with Crippen molar-refractivity contribution in [2.75, 3.05) is 27.4 Å². The Balaban J connectivity index is 2.57. The predicted molar refractivity (Wildman–Crippen MR) is 84.5 cm³/mol. The first-order chi connectivity index (χ1) is 10.6.